The highest BCUT2D eigenvalue weighted by molar-refractivity contribution is 6.10. The molecular weight excluding hydrogens is 985 g/mol. The zero-order valence-corrected chi connectivity index (χ0v) is 51.9. The molecule has 10 rings (SSSR count). The maximum absolute atomic E-state index is 5.73. The first-order chi connectivity index (χ1) is 37.9. The highest BCUT2D eigenvalue weighted by Crippen LogP contribution is 2.44. The average molecular weight is 1080 g/mol. The molecule has 0 bridgehead atoms. The SMILES string of the molecule is CC(C)(C)c1ccc([C@@H]2N=C(c3cc(C4=N[C@@H](c5ccc(C(C)(C)C)cc5)[C@H](c5ccc(C(C)(C)C)cc5)N4)cc(C4=N[C@@H](c5ccc(C(C)(C)C)cc5)[C@H](c5ccc(C(C)(C)C)cc5)N4)c3)N[C@H]2c2ccc(C(C)(C)C)cc2)cc1. The molecule has 0 unspecified atom stereocenters. The third-order valence-electron chi connectivity index (χ3n) is 17.1. The number of benzene rings is 7. The van der Waals surface area contributed by atoms with E-state index in [-0.39, 0.29) is 68.7 Å². The summed E-state index contributed by atoms with van der Waals surface area (Å²) in [6.45, 7) is 41.0. The van der Waals surface area contributed by atoms with Crippen molar-refractivity contribution in [2.24, 2.45) is 15.0 Å². The van der Waals surface area contributed by atoms with Crippen LogP contribution < -0.4 is 16.0 Å². The maximum atomic E-state index is 5.73. The first-order valence-corrected chi connectivity index (χ1v) is 29.7. The molecule has 0 aliphatic carbocycles. The summed E-state index contributed by atoms with van der Waals surface area (Å²) in [5, 5.41) is 12.1. The molecule has 3 aliphatic rings. The van der Waals surface area contributed by atoms with E-state index in [9.17, 15) is 0 Å². The molecule has 0 radical (unpaired) electrons. The van der Waals surface area contributed by atoms with E-state index in [1.165, 1.54) is 66.8 Å². The number of rotatable bonds is 9. The molecule has 3 heterocycles. The van der Waals surface area contributed by atoms with Crippen LogP contribution in [-0.2, 0) is 32.5 Å². The van der Waals surface area contributed by atoms with Crippen LogP contribution in [0.3, 0.4) is 0 Å². The number of nitrogens with one attached hydrogen (secondary N) is 3. The Labute approximate surface area is 486 Å². The van der Waals surface area contributed by atoms with Gasteiger partial charge in [0, 0.05) is 16.7 Å². The molecular formula is C75H90N6. The summed E-state index contributed by atoms with van der Waals surface area (Å²) in [4.78, 5) is 17.2. The largest absolute Gasteiger partial charge is 0.361 e. The first kappa shape index (κ1) is 57.2. The molecule has 81 heavy (non-hydrogen) atoms. The fraction of sp³-hybridized carbons (Fsp3) is 0.400. The van der Waals surface area contributed by atoms with Crippen molar-refractivity contribution in [1.82, 2.24) is 16.0 Å². The minimum Gasteiger partial charge on any atom is -0.361 e. The van der Waals surface area contributed by atoms with Gasteiger partial charge in [-0.25, -0.2) is 0 Å². The Morgan fingerprint density at radius 3 is 0.556 bits per heavy atom. The molecule has 7 aromatic rings. The summed E-state index contributed by atoms with van der Waals surface area (Å²) in [6, 6.07) is 61.0. The van der Waals surface area contributed by atoms with Gasteiger partial charge in [0.2, 0.25) is 0 Å². The smallest absolute Gasteiger partial charge is 0.129 e. The fourth-order valence-corrected chi connectivity index (χ4v) is 11.7. The lowest BCUT2D eigenvalue weighted by molar-refractivity contribution is 0.564. The standard InChI is InChI=1S/C75H90N6/c1-70(2,3)55-31-19-46(20-32-55)61-62(47-21-33-56(34-22-47)71(4,5)6)77-67(76-61)52-43-53(68-78-63(48-23-35-57(36-24-48)72(7,8)9)64(79-68)49-25-37-58(38-26-49)73(10,11)12)45-54(44-52)69-80-65(50-27-39-59(40-28-50)74(13,14)15)66(81-69)51-29-41-60(42-30-51)75(16,17)18/h19-45,61-66H,1-18H3,(H,76,77)(H,78,79)(H,80,81)/t61-,62-,63-,64-,65-,66-/m0/s1. The van der Waals surface area contributed by atoms with Gasteiger partial charge in [0.15, 0.2) is 0 Å². The highest BCUT2D eigenvalue weighted by Gasteiger charge is 2.38. The van der Waals surface area contributed by atoms with Gasteiger partial charge in [-0.1, -0.05) is 270 Å². The average Bonchev–Trinajstić information content (AvgIpc) is 4.19. The zero-order valence-electron chi connectivity index (χ0n) is 51.9. The van der Waals surface area contributed by atoms with Gasteiger partial charge >= 0.3 is 0 Å². The summed E-state index contributed by atoms with van der Waals surface area (Å²) in [7, 11) is 0. The van der Waals surface area contributed by atoms with Crippen molar-refractivity contribution >= 4 is 17.5 Å². The van der Waals surface area contributed by atoms with Crippen LogP contribution in [0.1, 0.15) is 244 Å². The van der Waals surface area contributed by atoms with Crippen LogP contribution in [0.15, 0.2) is 179 Å². The van der Waals surface area contributed by atoms with Crippen LogP contribution in [0.5, 0.6) is 0 Å². The Kier molecular flexibility index (Phi) is 14.9. The van der Waals surface area contributed by atoms with Gasteiger partial charge < -0.3 is 16.0 Å². The Hall–Kier alpha value is -7.05. The van der Waals surface area contributed by atoms with Crippen LogP contribution in [0.2, 0.25) is 0 Å². The molecule has 0 fully saturated rings. The van der Waals surface area contributed by atoms with Gasteiger partial charge in [-0.3, -0.25) is 15.0 Å². The summed E-state index contributed by atoms with van der Waals surface area (Å²) >= 11 is 0. The van der Waals surface area contributed by atoms with Crippen molar-refractivity contribution in [3.05, 3.63) is 247 Å². The van der Waals surface area contributed by atoms with E-state index in [4.69, 9.17) is 15.0 Å². The second-order valence-electron chi connectivity index (χ2n) is 29.7. The van der Waals surface area contributed by atoms with E-state index in [0.717, 1.165) is 34.2 Å². The van der Waals surface area contributed by atoms with Crippen molar-refractivity contribution in [2.75, 3.05) is 0 Å². The molecule has 6 heteroatoms. The fourth-order valence-electron chi connectivity index (χ4n) is 11.7. The Morgan fingerprint density at radius 1 is 0.235 bits per heavy atom. The Morgan fingerprint density at radius 2 is 0.395 bits per heavy atom. The molecule has 6 atom stereocenters. The maximum Gasteiger partial charge on any atom is 0.129 e. The van der Waals surface area contributed by atoms with Gasteiger partial charge in [0.05, 0.1) is 18.1 Å². The Balaban J connectivity index is 1.14. The van der Waals surface area contributed by atoms with E-state index < -0.39 is 0 Å². The second-order valence-corrected chi connectivity index (χ2v) is 29.7. The summed E-state index contributed by atoms with van der Waals surface area (Å²) in [5.74, 6) is 2.53. The molecule has 3 aliphatic heterocycles. The van der Waals surface area contributed by atoms with Gasteiger partial charge in [0.25, 0.3) is 0 Å². The molecule has 0 aromatic heterocycles. The molecule has 420 valence electrons. The predicted octanol–water partition coefficient (Wildman–Crippen LogP) is 18.0. The van der Waals surface area contributed by atoms with Gasteiger partial charge in [-0.15, -0.1) is 0 Å². The number of amidine groups is 3. The summed E-state index contributed by atoms with van der Waals surface area (Å²) < 4.78 is 0. The first-order valence-electron chi connectivity index (χ1n) is 29.7. The van der Waals surface area contributed by atoms with Gasteiger partial charge in [-0.2, -0.15) is 0 Å². The minimum absolute atomic E-state index is 0.0292. The van der Waals surface area contributed by atoms with Crippen molar-refractivity contribution in [2.45, 2.75) is 193 Å². The molecule has 0 saturated heterocycles. The molecule has 0 saturated carbocycles. The molecule has 0 amide bonds. The lowest BCUT2D eigenvalue weighted by atomic mass is 9.84. The molecule has 6 nitrogen and oxygen atoms in total. The quantitative estimate of drug-likeness (QED) is 0.135. The molecule has 7 aromatic carbocycles. The van der Waals surface area contributed by atoms with E-state index in [1.54, 1.807) is 0 Å². The minimum atomic E-state index is -0.174. The normalized spacial score (nSPS) is 20.7. The third-order valence-corrected chi connectivity index (χ3v) is 17.1. The lowest BCUT2D eigenvalue weighted by Gasteiger charge is -2.24. The van der Waals surface area contributed by atoms with E-state index in [1.807, 2.05) is 0 Å². The third kappa shape index (κ3) is 12.3. The molecule has 3 N–H and O–H groups in total. The van der Waals surface area contributed by atoms with E-state index in [0.29, 0.717) is 0 Å². The van der Waals surface area contributed by atoms with Gasteiger partial charge in [0.1, 0.15) is 35.6 Å². The van der Waals surface area contributed by atoms with Crippen molar-refractivity contribution in [3.8, 4) is 0 Å². The second kappa shape index (κ2) is 21.0. The van der Waals surface area contributed by atoms with Crippen LogP contribution in [0.25, 0.3) is 0 Å². The zero-order chi connectivity index (χ0) is 58.2. The van der Waals surface area contributed by atoms with Crippen molar-refractivity contribution in [3.63, 3.8) is 0 Å². The van der Waals surface area contributed by atoms with E-state index >= 15 is 0 Å². The van der Waals surface area contributed by atoms with E-state index in [2.05, 4.69) is 304 Å². The van der Waals surface area contributed by atoms with Crippen LogP contribution in [0.4, 0.5) is 0 Å². The number of aliphatic imine (C=N–C) groups is 3. The van der Waals surface area contributed by atoms with Crippen LogP contribution in [-0.4, -0.2) is 17.5 Å². The van der Waals surface area contributed by atoms with Crippen molar-refractivity contribution < 1.29 is 0 Å². The highest BCUT2D eigenvalue weighted by atomic mass is 15.2. The van der Waals surface area contributed by atoms with Crippen molar-refractivity contribution in [1.29, 1.82) is 0 Å². The van der Waals surface area contributed by atoms with Crippen LogP contribution in [0, 0.1) is 0 Å². The van der Waals surface area contributed by atoms with Gasteiger partial charge in [-0.05, 0) is 117 Å². The van der Waals surface area contributed by atoms with Crippen LogP contribution >= 0.6 is 0 Å². The lowest BCUT2D eigenvalue weighted by Crippen LogP contribution is -2.29. The Bertz CT molecular complexity index is 3080. The molecule has 0 spiro atoms. The number of hydrogen-bond acceptors (Lipinski definition) is 6. The number of nitrogens with zero attached hydrogens (tertiary/aromatic N) is 3. The number of hydrogen-bond donors (Lipinski definition) is 3. The summed E-state index contributed by atoms with van der Waals surface area (Å²) in [5.41, 5.74) is 18.1. The predicted molar refractivity (Wildman–Crippen MR) is 343 cm³/mol. The monoisotopic (exact) mass is 1070 g/mol. The summed E-state index contributed by atoms with van der Waals surface area (Å²) in [6.07, 6.45) is 0. The topological polar surface area (TPSA) is 73.2 Å².